The Bertz CT molecular complexity index is 358. The van der Waals surface area contributed by atoms with Gasteiger partial charge in [-0.2, -0.15) is 0 Å². The van der Waals surface area contributed by atoms with Gasteiger partial charge in [0.2, 0.25) is 0 Å². The van der Waals surface area contributed by atoms with Crippen LogP contribution in [0.15, 0.2) is 18.2 Å². The van der Waals surface area contributed by atoms with Crippen LogP contribution in [0.4, 0.5) is 4.39 Å². The van der Waals surface area contributed by atoms with E-state index in [9.17, 15) is 4.39 Å². The predicted octanol–water partition coefficient (Wildman–Crippen LogP) is 2.25. The van der Waals surface area contributed by atoms with Gasteiger partial charge in [0.15, 0.2) is 0 Å². The Morgan fingerprint density at radius 1 is 1.33 bits per heavy atom. The van der Waals surface area contributed by atoms with Crippen molar-refractivity contribution in [2.24, 2.45) is 5.92 Å². The van der Waals surface area contributed by atoms with Crippen molar-refractivity contribution in [3.8, 4) is 5.75 Å². The predicted molar refractivity (Wildman–Crippen MR) is 70.6 cm³/mol. The number of benzene rings is 1. The first kappa shape index (κ1) is 14.9. The lowest BCUT2D eigenvalue weighted by Gasteiger charge is -2.13. The molecule has 0 heterocycles. The first-order valence-electron chi connectivity index (χ1n) is 6.19. The van der Waals surface area contributed by atoms with Crippen LogP contribution in [-0.4, -0.2) is 33.9 Å². The van der Waals surface area contributed by atoms with Crippen molar-refractivity contribution in [3.63, 3.8) is 0 Å². The molecule has 1 aromatic rings. The molecule has 0 spiro atoms. The highest BCUT2D eigenvalue weighted by Gasteiger charge is 2.08. The normalized spacial score (nSPS) is 12.4. The summed E-state index contributed by atoms with van der Waals surface area (Å²) in [6.45, 7) is 4.48. The van der Waals surface area contributed by atoms with Gasteiger partial charge in [0.05, 0.1) is 13.7 Å². The standard InChI is InChI=1S/C14H22FNO2/c1-11(10-16-6-7-17-2)8-12-4-5-13(18-3)9-14(12)15/h4-5,9,11,16H,6-8,10H2,1-3H3. The Morgan fingerprint density at radius 3 is 2.72 bits per heavy atom. The molecule has 0 fully saturated rings. The molecule has 4 heteroatoms. The van der Waals surface area contributed by atoms with Crippen LogP contribution in [0.5, 0.6) is 5.75 Å². The lowest BCUT2D eigenvalue weighted by molar-refractivity contribution is 0.198. The van der Waals surface area contributed by atoms with Crippen LogP contribution < -0.4 is 10.1 Å². The van der Waals surface area contributed by atoms with E-state index in [0.717, 1.165) is 25.1 Å². The Hall–Kier alpha value is -1.13. The second-order valence-corrected chi connectivity index (χ2v) is 4.46. The summed E-state index contributed by atoms with van der Waals surface area (Å²) >= 11 is 0. The van der Waals surface area contributed by atoms with E-state index in [4.69, 9.17) is 9.47 Å². The summed E-state index contributed by atoms with van der Waals surface area (Å²) in [5.41, 5.74) is 0.733. The third-order valence-electron chi connectivity index (χ3n) is 2.80. The molecule has 1 rings (SSSR count). The number of nitrogens with one attached hydrogen (secondary N) is 1. The molecule has 0 aromatic heterocycles. The Labute approximate surface area is 108 Å². The molecule has 0 radical (unpaired) electrons. The number of halogens is 1. The highest BCUT2D eigenvalue weighted by molar-refractivity contribution is 5.29. The van der Waals surface area contributed by atoms with E-state index in [-0.39, 0.29) is 5.82 Å². The highest BCUT2D eigenvalue weighted by Crippen LogP contribution is 2.18. The topological polar surface area (TPSA) is 30.5 Å². The van der Waals surface area contributed by atoms with Crippen molar-refractivity contribution in [3.05, 3.63) is 29.6 Å². The van der Waals surface area contributed by atoms with Crippen molar-refractivity contribution < 1.29 is 13.9 Å². The van der Waals surface area contributed by atoms with Crippen LogP contribution in [-0.2, 0) is 11.2 Å². The summed E-state index contributed by atoms with van der Waals surface area (Å²) in [6, 6.07) is 5.02. The third kappa shape index (κ3) is 5.02. The van der Waals surface area contributed by atoms with Gasteiger partial charge in [0.1, 0.15) is 11.6 Å². The minimum absolute atomic E-state index is 0.196. The van der Waals surface area contributed by atoms with Crippen molar-refractivity contribution >= 4 is 0 Å². The van der Waals surface area contributed by atoms with E-state index in [1.807, 2.05) is 0 Å². The second-order valence-electron chi connectivity index (χ2n) is 4.46. The van der Waals surface area contributed by atoms with Crippen molar-refractivity contribution in [2.75, 3.05) is 33.9 Å². The van der Waals surface area contributed by atoms with Gasteiger partial charge >= 0.3 is 0 Å². The smallest absolute Gasteiger partial charge is 0.130 e. The fourth-order valence-corrected chi connectivity index (χ4v) is 1.79. The number of hydrogen-bond acceptors (Lipinski definition) is 3. The molecule has 102 valence electrons. The van der Waals surface area contributed by atoms with E-state index in [0.29, 0.717) is 18.3 Å². The molecule has 1 atom stereocenters. The van der Waals surface area contributed by atoms with Crippen molar-refractivity contribution in [2.45, 2.75) is 13.3 Å². The number of rotatable bonds is 8. The number of methoxy groups -OCH3 is 2. The molecule has 1 unspecified atom stereocenters. The highest BCUT2D eigenvalue weighted by atomic mass is 19.1. The lowest BCUT2D eigenvalue weighted by atomic mass is 10.0. The van der Waals surface area contributed by atoms with Gasteiger partial charge in [0.25, 0.3) is 0 Å². The number of ether oxygens (including phenoxy) is 2. The molecule has 18 heavy (non-hydrogen) atoms. The SMILES string of the molecule is COCCNCC(C)Cc1ccc(OC)cc1F. The van der Waals surface area contributed by atoms with E-state index in [1.54, 1.807) is 19.2 Å². The monoisotopic (exact) mass is 255 g/mol. The summed E-state index contributed by atoms with van der Waals surface area (Å²) in [5, 5.41) is 3.28. The van der Waals surface area contributed by atoms with E-state index in [2.05, 4.69) is 12.2 Å². The summed E-state index contributed by atoms with van der Waals surface area (Å²) in [4.78, 5) is 0. The maximum atomic E-state index is 13.7. The maximum absolute atomic E-state index is 13.7. The van der Waals surface area contributed by atoms with Crippen molar-refractivity contribution in [1.82, 2.24) is 5.32 Å². The average Bonchev–Trinajstić information content (AvgIpc) is 2.37. The van der Waals surface area contributed by atoms with Gasteiger partial charge in [-0.05, 0) is 30.5 Å². The van der Waals surface area contributed by atoms with Crippen LogP contribution >= 0.6 is 0 Å². The Balaban J connectivity index is 2.41. The van der Waals surface area contributed by atoms with Crippen LogP contribution in [0.1, 0.15) is 12.5 Å². The first-order chi connectivity index (χ1) is 8.67. The molecular formula is C14H22FNO2. The molecule has 0 saturated carbocycles. The molecule has 1 aromatic carbocycles. The van der Waals surface area contributed by atoms with Gasteiger partial charge in [0, 0.05) is 19.7 Å². The minimum Gasteiger partial charge on any atom is -0.497 e. The molecule has 0 saturated heterocycles. The van der Waals surface area contributed by atoms with E-state index >= 15 is 0 Å². The summed E-state index contributed by atoms with van der Waals surface area (Å²) in [7, 11) is 3.22. The van der Waals surface area contributed by atoms with Crippen molar-refractivity contribution in [1.29, 1.82) is 0 Å². The van der Waals surface area contributed by atoms with Gasteiger partial charge < -0.3 is 14.8 Å². The molecular weight excluding hydrogens is 233 g/mol. The fourth-order valence-electron chi connectivity index (χ4n) is 1.79. The first-order valence-corrected chi connectivity index (χ1v) is 6.19. The Kier molecular flexibility index (Phi) is 6.68. The fraction of sp³-hybridized carbons (Fsp3) is 0.571. The molecule has 0 bridgehead atoms. The minimum atomic E-state index is -0.196. The van der Waals surface area contributed by atoms with Crippen LogP contribution in [0.25, 0.3) is 0 Å². The second kappa shape index (κ2) is 8.06. The van der Waals surface area contributed by atoms with E-state index in [1.165, 1.54) is 13.2 Å². The molecule has 0 aliphatic rings. The summed E-state index contributed by atoms with van der Waals surface area (Å²) < 4.78 is 23.7. The molecule has 3 nitrogen and oxygen atoms in total. The summed E-state index contributed by atoms with van der Waals surface area (Å²) in [5.74, 6) is 0.741. The molecule has 0 aliphatic carbocycles. The van der Waals surface area contributed by atoms with Crippen LogP contribution in [0, 0.1) is 11.7 Å². The zero-order chi connectivity index (χ0) is 13.4. The third-order valence-corrected chi connectivity index (χ3v) is 2.80. The van der Waals surface area contributed by atoms with Gasteiger partial charge in [-0.1, -0.05) is 13.0 Å². The lowest BCUT2D eigenvalue weighted by Crippen LogP contribution is -2.25. The zero-order valence-electron chi connectivity index (χ0n) is 11.3. The van der Waals surface area contributed by atoms with Crippen LogP contribution in [0.3, 0.4) is 0 Å². The maximum Gasteiger partial charge on any atom is 0.130 e. The zero-order valence-corrected chi connectivity index (χ0v) is 11.3. The molecule has 1 N–H and O–H groups in total. The molecule has 0 amide bonds. The van der Waals surface area contributed by atoms with Gasteiger partial charge in [-0.15, -0.1) is 0 Å². The Morgan fingerprint density at radius 2 is 2.11 bits per heavy atom. The van der Waals surface area contributed by atoms with Gasteiger partial charge in [-0.25, -0.2) is 4.39 Å². The van der Waals surface area contributed by atoms with Crippen LogP contribution in [0.2, 0.25) is 0 Å². The largest absolute Gasteiger partial charge is 0.497 e. The summed E-state index contributed by atoms with van der Waals surface area (Å²) in [6.07, 6.45) is 0.718. The quantitative estimate of drug-likeness (QED) is 0.723. The van der Waals surface area contributed by atoms with E-state index < -0.39 is 0 Å². The average molecular weight is 255 g/mol. The number of hydrogen-bond donors (Lipinski definition) is 1. The molecule has 0 aliphatic heterocycles. The van der Waals surface area contributed by atoms with Gasteiger partial charge in [-0.3, -0.25) is 0 Å².